The van der Waals surface area contributed by atoms with Gasteiger partial charge in [0.05, 0.1) is 5.02 Å². The second kappa shape index (κ2) is 9.18. The number of nitrogens with one attached hydrogen (secondary N) is 1. The predicted molar refractivity (Wildman–Crippen MR) is 129 cm³/mol. The smallest absolute Gasteiger partial charge is 0.270 e. The van der Waals surface area contributed by atoms with E-state index < -0.39 is 0 Å². The van der Waals surface area contributed by atoms with Crippen LogP contribution in [0.5, 0.6) is 5.75 Å². The predicted octanol–water partition coefficient (Wildman–Crippen LogP) is 3.77. The summed E-state index contributed by atoms with van der Waals surface area (Å²) in [7, 11) is 0. The molecule has 1 N–H and O–H groups in total. The first kappa shape index (κ1) is 22.5. The number of carbonyl (C=O) groups is 2. The standard InChI is InChI=1S/C25H33ClN4O3/c1-16(2)28-7-5-19(6-8-28)33-23-14-18-13-22(27-21(18)15-20(23)26)25(32)30-11-9-29(10-12-30)24(31)17-3-4-17/h13-17,19,27H,3-12H2,1-2H3. The first-order chi connectivity index (χ1) is 15.9. The summed E-state index contributed by atoms with van der Waals surface area (Å²) in [5.74, 6) is 1.12. The van der Waals surface area contributed by atoms with Crippen LogP contribution < -0.4 is 4.74 Å². The van der Waals surface area contributed by atoms with Gasteiger partial charge < -0.3 is 24.4 Å². The highest BCUT2D eigenvalue weighted by Gasteiger charge is 2.35. The van der Waals surface area contributed by atoms with E-state index >= 15 is 0 Å². The summed E-state index contributed by atoms with van der Waals surface area (Å²) in [5.41, 5.74) is 1.37. The van der Waals surface area contributed by atoms with Crippen LogP contribution >= 0.6 is 11.6 Å². The SMILES string of the molecule is CC(C)N1CCC(Oc2cc3cc(C(=O)N4CCN(C(=O)C5CC5)CC4)[nH]c3cc2Cl)CC1. The number of benzene rings is 1. The van der Waals surface area contributed by atoms with E-state index in [2.05, 4.69) is 23.7 Å². The van der Waals surface area contributed by atoms with Gasteiger partial charge in [-0.3, -0.25) is 9.59 Å². The number of hydrogen-bond acceptors (Lipinski definition) is 4. The molecule has 2 aliphatic heterocycles. The Morgan fingerprint density at radius 2 is 1.64 bits per heavy atom. The number of piperazine rings is 1. The zero-order valence-electron chi connectivity index (χ0n) is 19.5. The maximum Gasteiger partial charge on any atom is 0.270 e. The third-order valence-corrected chi connectivity index (χ3v) is 7.50. The van der Waals surface area contributed by atoms with E-state index in [9.17, 15) is 9.59 Å². The van der Waals surface area contributed by atoms with Gasteiger partial charge in [0.1, 0.15) is 17.5 Å². The molecule has 1 aromatic heterocycles. The number of piperidine rings is 1. The van der Waals surface area contributed by atoms with Crippen molar-refractivity contribution in [3.63, 3.8) is 0 Å². The number of aromatic nitrogens is 1. The summed E-state index contributed by atoms with van der Waals surface area (Å²) >= 11 is 6.53. The van der Waals surface area contributed by atoms with E-state index in [1.807, 2.05) is 28.0 Å². The molecule has 5 rings (SSSR count). The number of aromatic amines is 1. The van der Waals surface area contributed by atoms with Gasteiger partial charge in [-0.1, -0.05) is 11.6 Å². The number of fused-ring (bicyclic) bond motifs is 1. The van der Waals surface area contributed by atoms with E-state index in [0.29, 0.717) is 48.7 Å². The Bertz CT molecular complexity index is 1030. The van der Waals surface area contributed by atoms with Gasteiger partial charge >= 0.3 is 0 Å². The van der Waals surface area contributed by atoms with Gasteiger partial charge in [0.2, 0.25) is 5.91 Å². The molecule has 178 valence electrons. The molecule has 0 spiro atoms. The van der Waals surface area contributed by atoms with Crippen LogP contribution in [-0.2, 0) is 4.79 Å². The molecule has 2 saturated heterocycles. The summed E-state index contributed by atoms with van der Waals surface area (Å²) in [6.07, 6.45) is 4.15. The lowest BCUT2D eigenvalue weighted by Crippen LogP contribution is -2.51. The van der Waals surface area contributed by atoms with E-state index in [-0.39, 0.29) is 23.8 Å². The highest BCUT2D eigenvalue weighted by Crippen LogP contribution is 2.33. The van der Waals surface area contributed by atoms with Crippen molar-refractivity contribution >= 4 is 34.3 Å². The maximum atomic E-state index is 13.1. The van der Waals surface area contributed by atoms with Crippen LogP contribution in [0, 0.1) is 5.92 Å². The van der Waals surface area contributed by atoms with Crippen LogP contribution in [-0.4, -0.2) is 82.9 Å². The molecule has 1 aromatic carbocycles. The van der Waals surface area contributed by atoms with Gasteiger partial charge in [-0.05, 0) is 57.7 Å². The van der Waals surface area contributed by atoms with Crippen molar-refractivity contribution in [1.82, 2.24) is 19.7 Å². The van der Waals surface area contributed by atoms with Crippen LogP contribution in [0.4, 0.5) is 0 Å². The second-order valence-electron chi connectivity index (χ2n) is 9.89. The Labute approximate surface area is 200 Å². The Morgan fingerprint density at radius 1 is 0.970 bits per heavy atom. The van der Waals surface area contributed by atoms with Gasteiger partial charge in [0.25, 0.3) is 5.91 Å². The fourth-order valence-corrected chi connectivity index (χ4v) is 5.13. The quantitative estimate of drug-likeness (QED) is 0.719. The lowest BCUT2D eigenvalue weighted by atomic mass is 10.1. The molecule has 1 aliphatic carbocycles. The van der Waals surface area contributed by atoms with Crippen LogP contribution in [0.2, 0.25) is 5.02 Å². The molecule has 0 unspecified atom stereocenters. The van der Waals surface area contributed by atoms with Gasteiger partial charge in [-0.2, -0.15) is 0 Å². The number of nitrogens with zero attached hydrogens (tertiary/aromatic N) is 3. The van der Waals surface area contributed by atoms with Crippen molar-refractivity contribution < 1.29 is 14.3 Å². The summed E-state index contributed by atoms with van der Waals surface area (Å²) in [6.45, 7) is 8.87. The number of ether oxygens (including phenoxy) is 1. The zero-order valence-corrected chi connectivity index (χ0v) is 20.2. The minimum absolute atomic E-state index is 0.0376. The molecule has 8 heteroatoms. The average molecular weight is 473 g/mol. The Kier molecular flexibility index (Phi) is 6.27. The molecule has 33 heavy (non-hydrogen) atoms. The number of carbonyl (C=O) groups excluding carboxylic acids is 2. The van der Waals surface area contributed by atoms with Crippen LogP contribution in [0.15, 0.2) is 18.2 Å². The van der Waals surface area contributed by atoms with E-state index in [0.717, 1.165) is 49.7 Å². The van der Waals surface area contributed by atoms with E-state index in [4.69, 9.17) is 16.3 Å². The van der Waals surface area contributed by atoms with Crippen molar-refractivity contribution in [2.24, 2.45) is 5.92 Å². The lowest BCUT2D eigenvalue weighted by Gasteiger charge is -2.34. The van der Waals surface area contributed by atoms with Crippen LogP contribution in [0.25, 0.3) is 10.9 Å². The number of halogens is 1. The zero-order chi connectivity index (χ0) is 23.1. The molecule has 3 fully saturated rings. The Balaban J connectivity index is 1.23. The molecule has 3 heterocycles. The normalized spacial score (nSPS) is 20.6. The Hall–Kier alpha value is -2.25. The molecular weight excluding hydrogens is 440 g/mol. The fourth-order valence-electron chi connectivity index (χ4n) is 4.92. The molecule has 2 aromatic rings. The maximum absolute atomic E-state index is 13.1. The number of hydrogen-bond donors (Lipinski definition) is 1. The third kappa shape index (κ3) is 4.85. The second-order valence-corrected chi connectivity index (χ2v) is 10.3. The van der Waals surface area contributed by atoms with Crippen LogP contribution in [0.3, 0.4) is 0 Å². The summed E-state index contributed by atoms with van der Waals surface area (Å²) in [5, 5.41) is 1.47. The van der Waals surface area contributed by atoms with E-state index in [1.54, 1.807) is 0 Å². The monoisotopic (exact) mass is 472 g/mol. The molecule has 0 bridgehead atoms. The van der Waals surface area contributed by atoms with Crippen molar-refractivity contribution in [3.05, 3.63) is 28.9 Å². The molecule has 2 amide bonds. The molecule has 7 nitrogen and oxygen atoms in total. The molecule has 3 aliphatic rings. The lowest BCUT2D eigenvalue weighted by molar-refractivity contribution is -0.134. The van der Waals surface area contributed by atoms with Crippen molar-refractivity contribution in [2.75, 3.05) is 39.3 Å². The number of H-pyrrole nitrogens is 1. The first-order valence-electron chi connectivity index (χ1n) is 12.2. The molecule has 0 radical (unpaired) electrons. The van der Waals surface area contributed by atoms with Crippen molar-refractivity contribution in [3.8, 4) is 5.75 Å². The van der Waals surface area contributed by atoms with Gasteiger partial charge in [-0.25, -0.2) is 0 Å². The topological polar surface area (TPSA) is 68.9 Å². The number of amides is 2. The molecule has 1 saturated carbocycles. The average Bonchev–Trinajstić information content (AvgIpc) is 3.59. The minimum atomic E-state index is -0.0376. The largest absolute Gasteiger partial charge is 0.489 e. The van der Waals surface area contributed by atoms with Crippen LogP contribution in [0.1, 0.15) is 50.0 Å². The fraction of sp³-hybridized carbons (Fsp3) is 0.600. The summed E-state index contributed by atoms with van der Waals surface area (Å²) in [6, 6.07) is 6.22. The number of likely N-dealkylation sites (tertiary alicyclic amines) is 1. The van der Waals surface area contributed by atoms with Gasteiger partial charge in [0, 0.05) is 62.1 Å². The highest BCUT2D eigenvalue weighted by molar-refractivity contribution is 6.32. The minimum Gasteiger partial charge on any atom is -0.489 e. The first-order valence-corrected chi connectivity index (χ1v) is 12.6. The van der Waals surface area contributed by atoms with Crippen molar-refractivity contribution in [2.45, 2.75) is 51.7 Å². The number of rotatable bonds is 5. The highest BCUT2D eigenvalue weighted by atomic mass is 35.5. The summed E-state index contributed by atoms with van der Waals surface area (Å²) < 4.78 is 6.26. The van der Waals surface area contributed by atoms with Gasteiger partial charge in [0.15, 0.2) is 0 Å². The van der Waals surface area contributed by atoms with Gasteiger partial charge in [-0.15, -0.1) is 0 Å². The molecular formula is C25H33ClN4O3. The van der Waals surface area contributed by atoms with E-state index in [1.165, 1.54) is 0 Å². The molecule has 0 atom stereocenters. The van der Waals surface area contributed by atoms with Crippen molar-refractivity contribution in [1.29, 1.82) is 0 Å². The summed E-state index contributed by atoms with van der Waals surface area (Å²) in [4.78, 5) is 34.8. The Morgan fingerprint density at radius 3 is 2.27 bits per heavy atom. The third-order valence-electron chi connectivity index (χ3n) is 7.21.